The quantitative estimate of drug-likeness (QED) is 0.803. The highest BCUT2D eigenvalue weighted by atomic mass is 79.9. The molecule has 3 heteroatoms. The van der Waals surface area contributed by atoms with Crippen LogP contribution in [0.5, 0.6) is 5.75 Å². The van der Waals surface area contributed by atoms with E-state index in [1.165, 1.54) is 0 Å². The number of halogens is 2. The summed E-state index contributed by atoms with van der Waals surface area (Å²) in [5.41, 5.74) is 2.89. The maximum absolute atomic E-state index is 9.89. The van der Waals surface area contributed by atoms with Crippen LogP contribution in [-0.2, 0) is 0 Å². The normalized spacial score (nSPS) is 10.4. The van der Waals surface area contributed by atoms with Gasteiger partial charge < -0.3 is 5.11 Å². The lowest BCUT2D eigenvalue weighted by Gasteiger charge is -2.10. The summed E-state index contributed by atoms with van der Waals surface area (Å²) >= 11 is 9.30. The molecule has 2 aromatic carbocycles. The molecule has 1 nitrogen and oxygen atoms in total. The van der Waals surface area contributed by atoms with E-state index >= 15 is 0 Å². The maximum Gasteiger partial charge on any atom is 0.124 e. The molecule has 0 heterocycles. The highest BCUT2D eigenvalue weighted by Crippen LogP contribution is 2.37. The fourth-order valence-electron chi connectivity index (χ4n) is 1.69. The number of hydrogen-bond acceptors (Lipinski definition) is 1. The number of aryl methyl sites for hydroxylation is 1. The Bertz CT molecular complexity index is 517. The fraction of sp³-hybridized carbons (Fsp3) is 0.0769. The third-order valence-corrected chi connectivity index (χ3v) is 3.35. The lowest BCUT2D eigenvalue weighted by molar-refractivity contribution is 0.477. The molecule has 2 rings (SSSR count). The molecule has 16 heavy (non-hydrogen) atoms. The van der Waals surface area contributed by atoms with Crippen molar-refractivity contribution < 1.29 is 5.11 Å². The van der Waals surface area contributed by atoms with Crippen LogP contribution >= 0.6 is 27.5 Å². The average molecular weight is 298 g/mol. The minimum Gasteiger partial charge on any atom is -0.507 e. The standard InChI is InChI=1S/C13H10BrClO/c1-8-3-2-4-11(14)13(8)10-6-5-9(15)7-12(10)16/h2-7,16H,1H3. The number of aromatic hydroxyl groups is 1. The zero-order valence-electron chi connectivity index (χ0n) is 8.67. The highest BCUT2D eigenvalue weighted by Gasteiger charge is 2.10. The molecule has 0 unspecified atom stereocenters. The number of hydrogen-bond donors (Lipinski definition) is 1. The minimum atomic E-state index is 0.197. The summed E-state index contributed by atoms with van der Waals surface area (Å²) in [6.07, 6.45) is 0. The summed E-state index contributed by atoms with van der Waals surface area (Å²) < 4.78 is 0.963. The Morgan fingerprint density at radius 2 is 1.94 bits per heavy atom. The first-order valence-corrected chi connectivity index (χ1v) is 6.00. The monoisotopic (exact) mass is 296 g/mol. The van der Waals surface area contributed by atoms with Gasteiger partial charge in [-0.25, -0.2) is 0 Å². The van der Waals surface area contributed by atoms with E-state index in [-0.39, 0.29) is 5.75 Å². The fourth-order valence-corrected chi connectivity index (χ4v) is 2.53. The Balaban J connectivity index is 2.68. The topological polar surface area (TPSA) is 20.2 Å². The lowest BCUT2D eigenvalue weighted by Crippen LogP contribution is -1.85. The first kappa shape index (κ1) is 11.5. The molecule has 0 bridgehead atoms. The van der Waals surface area contributed by atoms with E-state index < -0.39 is 0 Å². The van der Waals surface area contributed by atoms with E-state index in [4.69, 9.17) is 11.6 Å². The van der Waals surface area contributed by atoms with Gasteiger partial charge in [0, 0.05) is 20.6 Å². The summed E-state index contributed by atoms with van der Waals surface area (Å²) in [6.45, 7) is 2.01. The van der Waals surface area contributed by atoms with Crippen molar-refractivity contribution in [2.24, 2.45) is 0 Å². The van der Waals surface area contributed by atoms with Crippen molar-refractivity contribution in [3.8, 4) is 16.9 Å². The summed E-state index contributed by atoms with van der Waals surface area (Å²) in [7, 11) is 0. The predicted molar refractivity (Wildman–Crippen MR) is 71.0 cm³/mol. The molecular formula is C13H10BrClO. The molecule has 0 aliphatic heterocycles. The third-order valence-electron chi connectivity index (χ3n) is 2.45. The zero-order valence-corrected chi connectivity index (χ0v) is 11.0. The van der Waals surface area contributed by atoms with Crippen LogP contribution in [0.3, 0.4) is 0 Å². The number of phenolic OH excluding ortho intramolecular Hbond substituents is 1. The van der Waals surface area contributed by atoms with E-state index in [1.54, 1.807) is 12.1 Å². The summed E-state index contributed by atoms with van der Waals surface area (Å²) in [4.78, 5) is 0. The van der Waals surface area contributed by atoms with Crippen molar-refractivity contribution in [3.05, 3.63) is 51.5 Å². The van der Waals surface area contributed by atoms with Crippen molar-refractivity contribution in [1.82, 2.24) is 0 Å². The first-order chi connectivity index (χ1) is 7.59. The van der Waals surface area contributed by atoms with E-state index in [0.29, 0.717) is 5.02 Å². The molecule has 0 aromatic heterocycles. The largest absolute Gasteiger partial charge is 0.507 e. The summed E-state index contributed by atoms with van der Waals surface area (Å²) in [5.74, 6) is 0.197. The lowest BCUT2D eigenvalue weighted by atomic mass is 10.00. The third kappa shape index (κ3) is 2.08. The van der Waals surface area contributed by atoms with Crippen LogP contribution in [0.1, 0.15) is 5.56 Å². The van der Waals surface area contributed by atoms with Gasteiger partial charge in [0.25, 0.3) is 0 Å². The van der Waals surface area contributed by atoms with Crippen LogP contribution < -0.4 is 0 Å². The van der Waals surface area contributed by atoms with Gasteiger partial charge in [0.2, 0.25) is 0 Å². The molecule has 0 atom stereocenters. The second-order valence-electron chi connectivity index (χ2n) is 3.59. The van der Waals surface area contributed by atoms with Gasteiger partial charge in [-0.05, 0) is 36.8 Å². The van der Waals surface area contributed by atoms with Gasteiger partial charge in [-0.3, -0.25) is 0 Å². The maximum atomic E-state index is 9.89. The van der Waals surface area contributed by atoms with Gasteiger partial charge in [-0.1, -0.05) is 39.7 Å². The van der Waals surface area contributed by atoms with Crippen molar-refractivity contribution in [2.45, 2.75) is 6.92 Å². The van der Waals surface area contributed by atoms with Gasteiger partial charge in [0.1, 0.15) is 5.75 Å². The number of benzene rings is 2. The van der Waals surface area contributed by atoms with Crippen LogP contribution in [0.15, 0.2) is 40.9 Å². The minimum absolute atomic E-state index is 0.197. The van der Waals surface area contributed by atoms with Crippen LogP contribution in [0.4, 0.5) is 0 Å². The van der Waals surface area contributed by atoms with Crippen LogP contribution in [-0.4, -0.2) is 5.11 Å². The Labute approximate surface area is 108 Å². The molecule has 82 valence electrons. The van der Waals surface area contributed by atoms with Crippen molar-refractivity contribution in [2.75, 3.05) is 0 Å². The van der Waals surface area contributed by atoms with Gasteiger partial charge in [-0.15, -0.1) is 0 Å². The SMILES string of the molecule is Cc1cccc(Br)c1-c1ccc(Cl)cc1O. The zero-order chi connectivity index (χ0) is 11.7. The van der Waals surface area contributed by atoms with Gasteiger partial charge >= 0.3 is 0 Å². The van der Waals surface area contributed by atoms with E-state index in [2.05, 4.69) is 15.9 Å². The van der Waals surface area contributed by atoms with Crippen LogP contribution in [0.25, 0.3) is 11.1 Å². The second-order valence-corrected chi connectivity index (χ2v) is 4.88. The first-order valence-electron chi connectivity index (χ1n) is 4.83. The average Bonchev–Trinajstić information content (AvgIpc) is 2.20. The molecule has 0 saturated carbocycles. The molecule has 0 amide bonds. The molecule has 0 aliphatic rings. The van der Waals surface area contributed by atoms with E-state index in [1.807, 2.05) is 31.2 Å². The summed E-state index contributed by atoms with van der Waals surface area (Å²) in [6, 6.07) is 11.1. The Kier molecular flexibility index (Phi) is 3.22. The molecule has 1 N–H and O–H groups in total. The van der Waals surface area contributed by atoms with Gasteiger partial charge in [0.15, 0.2) is 0 Å². The molecule has 0 saturated heterocycles. The number of phenols is 1. The van der Waals surface area contributed by atoms with E-state index in [0.717, 1.165) is 21.2 Å². The molecule has 0 aliphatic carbocycles. The van der Waals surface area contributed by atoms with Crippen LogP contribution in [0.2, 0.25) is 5.02 Å². The van der Waals surface area contributed by atoms with E-state index in [9.17, 15) is 5.11 Å². The van der Waals surface area contributed by atoms with Crippen molar-refractivity contribution >= 4 is 27.5 Å². The Hall–Kier alpha value is -0.990. The molecule has 0 radical (unpaired) electrons. The van der Waals surface area contributed by atoms with Crippen LogP contribution in [0, 0.1) is 6.92 Å². The summed E-state index contributed by atoms with van der Waals surface area (Å²) in [5, 5.41) is 10.4. The Morgan fingerprint density at radius 1 is 1.19 bits per heavy atom. The number of rotatable bonds is 1. The molecule has 2 aromatic rings. The highest BCUT2D eigenvalue weighted by molar-refractivity contribution is 9.10. The van der Waals surface area contributed by atoms with Gasteiger partial charge in [-0.2, -0.15) is 0 Å². The molecule has 0 spiro atoms. The Morgan fingerprint density at radius 3 is 2.56 bits per heavy atom. The molecular weight excluding hydrogens is 287 g/mol. The second kappa shape index (κ2) is 4.48. The van der Waals surface area contributed by atoms with Gasteiger partial charge in [0.05, 0.1) is 0 Å². The molecule has 0 fully saturated rings. The van der Waals surface area contributed by atoms with Crippen molar-refractivity contribution in [1.29, 1.82) is 0 Å². The predicted octanol–water partition coefficient (Wildman–Crippen LogP) is 4.78. The van der Waals surface area contributed by atoms with Crippen molar-refractivity contribution in [3.63, 3.8) is 0 Å². The smallest absolute Gasteiger partial charge is 0.124 e.